The van der Waals surface area contributed by atoms with Gasteiger partial charge in [-0.05, 0) is 39.0 Å². The summed E-state index contributed by atoms with van der Waals surface area (Å²) in [6.45, 7) is 4.30. The van der Waals surface area contributed by atoms with Gasteiger partial charge in [-0.25, -0.2) is 0 Å². The van der Waals surface area contributed by atoms with Gasteiger partial charge in [0.15, 0.2) is 0 Å². The fourth-order valence-electron chi connectivity index (χ4n) is 2.68. The first-order valence-electron chi connectivity index (χ1n) is 6.43. The van der Waals surface area contributed by atoms with Gasteiger partial charge in [-0.3, -0.25) is 0 Å². The number of nitrogens with zero attached hydrogens (tertiary/aromatic N) is 3. The minimum absolute atomic E-state index is 0.362. The first kappa shape index (κ1) is 10.3. The number of aromatic nitrogens is 3. The average Bonchev–Trinajstić information content (AvgIpc) is 2.67. The molecule has 2 heterocycles. The van der Waals surface area contributed by atoms with Crippen LogP contribution in [-0.4, -0.2) is 20.3 Å². The van der Waals surface area contributed by atoms with E-state index in [2.05, 4.69) is 27.0 Å². The Bertz CT molecular complexity index is 378. The smallest absolute Gasteiger partial charge is 0.147 e. The first-order valence-corrected chi connectivity index (χ1v) is 6.43. The molecule has 0 bridgehead atoms. The molecule has 16 heavy (non-hydrogen) atoms. The van der Waals surface area contributed by atoms with Crippen LogP contribution >= 0.6 is 0 Å². The standard InChI is InChI=1S/C12H20N4/c1-12(6-4-7-12)13-9-11-15-14-10-5-2-3-8-16(10)11/h13H,2-9H2,1H3. The number of hydrogen-bond donors (Lipinski definition) is 1. The fourth-order valence-corrected chi connectivity index (χ4v) is 2.68. The molecule has 0 unspecified atom stereocenters. The molecule has 0 saturated heterocycles. The molecule has 1 aromatic rings. The van der Waals surface area contributed by atoms with E-state index < -0.39 is 0 Å². The minimum Gasteiger partial charge on any atom is -0.314 e. The maximum absolute atomic E-state index is 4.31. The van der Waals surface area contributed by atoms with E-state index in [1.165, 1.54) is 37.9 Å². The Labute approximate surface area is 96.4 Å². The van der Waals surface area contributed by atoms with Crippen LogP contribution in [0.2, 0.25) is 0 Å². The van der Waals surface area contributed by atoms with Crippen molar-refractivity contribution in [2.45, 2.75) is 64.1 Å². The molecule has 0 spiro atoms. The van der Waals surface area contributed by atoms with Gasteiger partial charge in [0.1, 0.15) is 11.6 Å². The van der Waals surface area contributed by atoms with Crippen LogP contribution in [0.5, 0.6) is 0 Å². The van der Waals surface area contributed by atoms with E-state index in [1.807, 2.05) is 0 Å². The molecule has 1 N–H and O–H groups in total. The predicted molar refractivity (Wildman–Crippen MR) is 62.1 cm³/mol. The van der Waals surface area contributed by atoms with Gasteiger partial charge < -0.3 is 9.88 Å². The van der Waals surface area contributed by atoms with Gasteiger partial charge in [-0.1, -0.05) is 0 Å². The largest absolute Gasteiger partial charge is 0.314 e. The van der Waals surface area contributed by atoms with Crippen LogP contribution in [0, 0.1) is 0 Å². The second-order valence-corrected chi connectivity index (χ2v) is 5.41. The third kappa shape index (κ3) is 1.75. The van der Waals surface area contributed by atoms with Gasteiger partial charge in [-0.2, -0.15) is 0 Å². The Morgan fingerprint density at radius 3 is 2.88 bits per heavy atom. The predicted octanol–water partition coefficient (Wildman–Crippen LogP) is 1.65. The van der Waals surface area contributed by atoms with E-state index in [0.29, 0.717) is 5.54 Å². The molecule has 1 saturated carbocycles. The minimum atomic E-state index is 0.362. The van der Waals surface area contributed by atoms with Crippen molar-refractivity contribution >= 4 is 0 Å². The monoisotopic (exact) mass is 220 g/mol. The summed E-state index contributed by atoms with van der Waals surface area (Å²) in [4.78, 5) is 0. The van der Waals surface area contributed by atoms with Gasteiger partial charge in [0.25, 0.3) is 0 Å². The zero-order valence-corrected chi connectivity index (χ0v) is 10.00. The summed E-state index contributed by atoms with van der Waals surface area (Å²) in [6, 6.07) is 0. The summed E-state index contributed by atoms with van der Waals surface area (Å²) in [5, 5.41) is 12.2. The molecule has 1 fully saturated rings. The van der Waals surface area contributed by atoms with E-state index in [0.717, 1.165) is 25.3 Å². The molecule has 88 valence electrons. The lowest BCUT2D eigenvalue weighted by molar-refractivity contribution is 0.204. The number of fused-ring (bicyclic) bond motifs is 1. The Balaban J connectivity index is 1.68. The number of hydrogen-bond acceptors (Lipinski definition) is 3. The zero-order valence-electron chi connectivity index (χ0n) is 10.00. The third-order valence-electron chi connectivity index (χ3n) is 4.07. The van der Waals surface area contributed by atoms with E-state index in [1.54, 1.807) is 0 Å². The topological polar surface area (TPSA) is 42.7 Å². The highest BCUT2D eigenvalue weighted by molar-refractivity contribution is 5.00. The number of nitrogens with one attached hydrogen (secondary N) is 1. The van der Waals surface area contributed by atoms with Crippen molar-refractivity contribution in [2.24, 2.45) is 0 Å². The second-order valence-electron chi connectivity index (χ2n) is 5.41. The average molecular weight is 220 g/mol. The van der Waals surface area contributed by atoms with E-state index in [-0.39, 0.29) is 0 Å². The molecule has 4 nitrogen and oxygen atoms in total. The number of rotatable bonds is 3. The Kier molecular flexibility index (Phi) is 2.46. The molecule has 1 aliphatic carbocycles. The highest BCUT2D eigenvalue weighted by atomic mass is 15.3. The summed E-state index contributed by atoms with van der Waals surface area (Å²) in [6.07, 6.45) is 7.60. The number of aryl methyl sites for hydroxylation is 1. The van der Waals surface area contributed by atoms with Gasteiger partial charge in [0.05, 0.1) is 6.54 Å². The molecule has 0 atom stereocenters. The zero-order chi connectivity index (χ0) is 11.0. The molecule has 0 radical (unpaired) electrons. The molecular formula is C12H20N4. The van der Waals surface area contributed by atoms with Gasteiger partial charge in [0.2, 0.25) is 0 Å². The molecule has 4 heteroatoms. The van der Waals surface area contributed by atoms with Crippen LogP contribution in [0.4, 0.5) is 0 Å². The molecule has 0 aromatic carbocycles. The van der Waals surface area contributed by atoms with Crippen molar-refractivity contribution in [2.75, 3.05) is 0 Å². The Morgan fingerprint density at radius 2 is 2.12 bits per heavy atom. The van der Waals surface area contributed by atoms with Crippen LogP contribution < -0.4 is 5.32 Å². The van der Waals surface area contributed by atoms with E-state index in [9.17, 15) is 0 Å². The summed E-state index contributed by atoms with van der Waals surface area (Å²) in [5.74, 6) is 2.31. The van der Waals surface area contributed by atoms with Crippen molar-refractivity contribution in [1.29, 1.82) is 0 Å². The molecular weight excluding hydrogens is 200 g/mol. The second kappa shape index (κ2) is 3.84. The lowest BCUT2D eigenvalue weighted by Gasteiger charge is -2.39. The molecule has 1 aromatic heterocycles. The summed E-state index contributed by atoms with van der Waals surface area (Å²) in [5.41, 5.74) is 0.362. The van der Waals surface area contributed by atoms with Gasteiger partial charge >= 0.3 is 0 Å². The van der Waals surface area contributed by atoms with Crippen LogP contribution in [0.25, 0.3) is 0 Å². The van der Waals surface area contributed by atoms with Crippen LogP contribution in [0.3, 0.4) is 0 Å². The van der Waals surface area contributed by atoms with E-state index >= 15 is 0 Å². The third-order valence-corrected chi connectivity index (χ3v) is 4.07. The van der Waals surface area contributed by atoms with Crippen LogP contribution in [-0.2, 0) is 19.5 Å². The van der Waals surface area contributed by atoms with E-state index in [4.69, 9.17) is 0 Å². The normalized spacial score (nSPS) is 22.6. The Hall–Kier alpha value is -0.900. The molecule has 2 aliphatic rings. The van der Waals surface area contributed by atoms with Crippen molar-refractivity contribution in [1.82, 2.24) is 20.1 Å². The summed E-state index contributed by atoms with van der Waals surface area (Å²) in [7, 11) is 0. The molecule has 1 aliphatic heterocycles. The Morgan fingerprint density at radius 1 is 1.25 bits per heavy atom. The van der Waals surface area contributed by atoms with Crippen LogP contribution in [0.15, 0.2) is 0 Å². The summed E-state index contributed by atoms with van der Waals surface area (Å²) < 4.78 is 2.30. The molecule has 0 amide bonds. The quantitative estimate of drug-likeness (QED) is 0.842. The van der Waals surface area contributed by atoms with Crippen molar-refractivity contribution < 1.29 is 0 Å². The maximum atomic E-state index is 4.31. The van der Waals surface area contributed by atoms with Gasteiger partial charge in [-0.15, -0.1) is 10.2 Å². The van der Waals surface area contributed by atoms with Crippen molar-refractivity contribution in [3.63, 3.8) is 0 Å². The van der Waals surface area contributed by atoms with Gasteiger partial charge in [0, 0.05) is 18.5 Å². The fraction of sp³-hybridized carbons (Fsp3) is 0.833. The highest BCUT2D eigenvalue weighted by Crippen LogP contribution is 2.31. The van der Waals surface area contributed by atoms with Crippen LogP contribution in [0.1, 0.15) is 50.7 Å². The lowest BCUT2D eigenvalue weighted by Crippen LogP contribution is -2.48. The maximum Gasteiger partial charge on any atom is 0.147 e. The lowest BCUT2D eigenvalue weighted by atomic mass is 9.78. The SMILES string of the molecule is CC1(NCc2nnc3n2CCCC3)CCC1. The van der Waals surface area contributed by atoms with Crippen molar-refractivity contribution in [3.8, 4) is 0 Å². The highest BCUT2D eigenvalue weighted by Gasteiger charge is 2.31. The van der Waals surface area contributed by atoms with Crippen molar-refractivity contribution in [3.05, 3.63) is 11.6 Å². The summed E-state index contributed by atoms with van der Waals surface area (Å²) >= 11 is 0. The molecule has 3 rings (SSSR count). The first-order chi connectivity index (χ1) is 7.77.